The van der Waals surface area contributed by atoms with E-state index in [9.17, 15) is 0 Å². The summed E-state index contributed by atoms with van der Waals surface area (Å²) >= 11 is 0. The van der Waals surface area contributed by atoms with Gasteiger partial charge in [-0.25, -0.2) is 0 Å². The Morgan fingerprint density at radius 3 is 2.38 bits per heavy atom. The second kappa shape index (κ2) is 1.12. The lowest BCUT2D eigenvalue weighted by Gasteiger charge is -2.18. The summed E-state index contributed by atoms with van der Waals surface area (Å²) in [6, 6.07) is 0. The number of rotatable bonds is 1. The largest absolute Gasteiger partial charge is 0.0651 e. The van der Waals surface area contributed by atoms with Crippen molar-refractivity contribution in [2.45, 2.75) is 33.1 Å². The molecule has 0 heteroatoms. The molecule has 0 nitrogen and oxygen atoms in total. The van der Waals surface area contributed by atoms with Gasteiger partial charge in [-0.3, -0.25) is 0 Å². The van der Waals surface area contributed by atoms with Gasteiger partial charge in [0.25, 0.3) is 0 Å². The Morgan fingerprint density at radius 2 is 2.25 bits per heavy atom. The highest BCUT2D eigenvalue weighted by atomic mass is 14.7. The van der Waals surface area contributed by atoms with Crippen molar-refractivity contribution in [1.29, 1.82) is 0 Å². The van der Waals surface area contributed by atoms with Crippen LogP contribution in [0.5, 0.6) is 0 Å². The van der Waals surface area contributed by atoms with Crippen LogP contribution in [0, 0.1) is 17.3 Å². The molecular weight excluding hydrogens is 96.1 g/mol. The van der Waals surface area contributed by atoms with Crippen molar-refractivity contribution in [3.63, 3.8) is 0 Å². The normalized spacial score (nSPS) is 59.2. The summed E-state index contributed by atoms with van der Waals surface area (Å²) in [5.41, 5.74) is 0.856. The van der Waals surface area contributed by atoms with Crippen molar-refractivity contribution in [3.8, 4) is 0 Å². The van der Waals surface area contributed by atoms with E-state index in [0.717, 1.165) is 17.3 Å². The molecule has 8 heavy (non-hydrogen) atoms. The average Bonchev–Trinajstić information content (AvgIpc) is 2.13. The zero-order chi connectivity index (χ0) is 5.78. The molecule has 0 aromatic rings. The van der Waals surface area contributed by atoms with Gasteiger partial charge in [0.2, 0.25) is 0 Å². The van der Waals surface area contributed by atoms with E-state index >= 15 is 0 Å². The van der Waals surface area contributed by atoms with E-state index in [2.05, 4.69) is 13.8 Å². The predicted molar refractivity (Wildman–Crippen MR) is 34.6 cm³/mol. The van der Waals surface area contributed by atoms with Crippen molar-refractivity contribution >= 4 is 0 Å². The van der Waals surface area contributed by atoms with Crippen LogP contribution in [0.1, 0.15) is 33.1 Å². The van der Waals surface area contributed by atoms with E-state index < -0.39 is 0 Å². The molecule has 3 unspecified atom stereocenters. The molecule has 2 rings (SSSR count). The quantitative estimate of drug-likeness (QED) is 0.486. The van der Waals surface area contributed by atoms with Crippen LogP contribution >= 0.6 is 0 Å². The standard InChI is InChI=1S/C8H14/c1-3-6-7-4-5-8(6,7)2/h6-7H,3-5H2,1-2H3. The summed E-state index contributed by atoms with van der Waals surface area (Å²) in [6.45, 7) is 4.78. The van der Waals surface area contributed by atoms with E-state index in [1.807, 2.05) is 0 Å². The molecule has 0 aromatic heterocycles. The van der Waals surface area contributed by atoms with Gasteiger partial charge < -0.3 is 0 Å². The van der Waals surface area contributed by atoms with Crippen LogP contribution in [0.3, 0.4) is 0 Å². The van der Waals surface area contributed by atoms with Crippen LogP contribution in [0.25, 0.3) is 0 Å². The summed E-state index contributed by atoms with van der Waals surface area (Å²) in [4.78, 5) is 0. The molecule has 46 valence electrons. The molecule has 0 spiro atoms. The van der Waals surface area contributed by atoms with Crippen LogP contribution in [0.15, 0.2) is 0 Å². The molecule has 0 aromatic carbocycles. The fourth-order valence-corrected chi connectivity index (χ4v) is 2.67. The van der Waals surface area contributed by atoms with Gasteiger partial charge >= 0.3 is 0 Å². The second-order valence-electron chi connectivity index (χ2n) is 3.67. The first-order valence-electron chi connectivity index (χ1n) is 3.79. The van der Waals surface area contributed by atoms with Gasteiger partial charge in [0, 0.05) is 0 Å². The van der Waals surface area contributed by atoms with E-state index in [0.29, 0.717) is 0 Å². The lowest BCUT2D eigenvalue weighted by Crippen LogP contribution is -2.08. The Hall–Kier alpha value is 0. The number of hydrogen-bond donors (Lipinski definition) is 0. The van der Waals surface area contributed by atoms with E-state index in [1.54, 1.807) is 0 Å². The maximum Gasteiger partial charge on any atom is -0.0264 e. The van der Waals surface area contributed by atoms with Crippen LogP contribution in [0.4, 0.5) is 0 Å². The maximum absolute atomic E-state index is 2.45. The molecule has 0 bridgehead atoms. The third-order valence-corrected chi connectivity index (χ3v) is 3.50. The molecule has 2 aliphatic carbocycles. The lowest BCUT2D eigenvalue weighted by molar-refractivity contribution is 0.320. The van der Waals surface area contributed by atoms with Crippen molar-refractivity contribution in [3.05, 3.63) is 0 Å². The van der Waals surface area contributed by atoms with Gasteiger partial charge in [-0.15, -0.1) is 0 Å². The van der Waals surface area contributed by atoms with Crippen molar-refractivity contribution in [2.24, 2.45) is 17.3 Å². The molecule has 0 aliphatic heterocycles. The first-order chi connectivity index (χ1) is 3.79. The highest BCUT2D eigenvalue weighted by Crippen LogP contribution is 2.73. The summed E-state index contributed by atoms with van der Waals surface area (Å²) in [6.07, 6.45) is 4.49. The van der Waals surface area contributed by atoms with E-state index in [4.69, 9.17) is 0 Å². The van der Waals surface area contributed by atoms with Gasteiger partial charge in [0.1, 0.15) is 0 Å². The summed E-state index contributed by atoms with van der Waals surface area (Å²) in [5, 5.41) is 0. The zero-order valence-electron chi connectivity index (χ0n) is 5.78. The monoisotopic (exact) mass is 110 g/mol. The summed E-state index contributed by atoms with van der Waals surface area (Å²) < 4.78 is 0. The Labute approximate surface area is 51.3 Å². The minimum absolute atomic E-state index is 0.856. The van der Waals surface area contributed by atoms with Crippen molar-refractivity contribution in [1.82, 2.24) is 0 Å². The lowest BCUT2D eigenvalue weighted by atomic mass is 9.87. The van der Waals surface area contributed by atoms with Gasteiger partial charge in [-0.1, -0.05) is 20.3 Å². The van der Waals surface area contributed by atoms with Crippen molar-refractivity contribution < 1.29 is 0 Å². The first kappa shape index (κ1) is 4.84. The van der Waals surface area contributed by atoms with Gasteiger partial charge in [0.05, 0.1) is 0 Å². The molecule has 0 heterocycles. The van der Waals surface area contributed by atoms with Gasteiger partial charge in [-0.2, -0.15) is 0 Å². The minimum Gasteiger partial charge on any atom is -0.0651 e. The molecule has 3 atom stereocenters. The second-order valence-corrected chi connectivity index (χ2v) is 3.67. The predicted octanol–water partition coefficient (Wildman–Crippen LogP) is 2.44. The van der Waals surface area contributed by atoms with Gasteiger partial charge in [-0.05, 0) is 30.1 Å². The third kappa shape index (κ3) is 0.310. The maximum atomic E-state index is 2.45. The van der Waals surface area contributed by atoms with E-state index in [1.165, 1.54) is 19.3 Å². The highest BCUT2D eigenvalue weighted by Gasteiger charge is 2.65. The van der Waals surface area contributed by atoms with Gasteiger partial charge in [0.15, 0.2) is 0 Å². The fraction of sp³-hybridized carbons (Fsp3) is 1.00. The van der Waals surface area contributed by atoms with Crippen LogP contribution < -0.4 is 0 Å². The highest BCUT2D eigenvalue weighted by molar-refractivity contribution is 5.14. The molecule has 0 saturated heterocycles. The molecule has 0 N–H and O–H groups in total. The summed E-state index contributed by atoms with van der Waals surface area (Å²) in [7, 11) is 0. The first-order valence-corrected chi connectivity index (χ1v) is 3.79. The van der Waals surface area contributed by atoms with Crippen molar-refractivity contribution in [2.75, 3.05) is 0 Å². The Morgan fingerprint density at radius 1 is 1.62 bits per heavy atom. The Balaban J connectivity index is 2.06. The smallest absolute Gasteiger partial charge is 0.0264 e. The van der Waals surface area contributed by atoms with E-state index in [-0.39, 0.29) is 0 Å². The van der Waals surface area contributed by atoms with Crippen LogP contribution in [0.2, 0.25) is 0 Å². The Kier molecular flexibility index (Phi) is 0.678. The van der Waals surface area contributed by atoms with Crippen LogP contribution in [-0.2, 0) is 0 Å². The molecule has 2 aliphatic rings. The number of hydrogen-bond acceptors (Lipinski definition) is 0. The summed E-state index contributed by atoms with van der Waals surface area (Å²) in [5.74, 6) is 2.29. The topological polar surface area (TPSA) is 0 Å². The SMILES string of the molecule is CCC1C2CCC12C. The fourth-order valence-electron chi connectivity index (χ4n) is 2.67. The molecule has 0 radical (unpaired) electrons. The average molecular weight is 110 g/mol. The third-order valence-electron chi connectivity index (χ3n) is 3.50. The number of fused-ring (bicyclic) bond motifs is 1. The Bertz CT molecular complexity index is 117. The molecule has 0 amide bonds. The minimum atomic E-state index is 0.856. The molecule has 2 saturated carbocycles. The zero-order valence-corrected chi connectivity index (χ0v) is 5.78. The molecule has 2 fully saturated rings. The molecular formula is C8H14. The van der Waals surface area contributed by atoms with Crippen LogP contribution in [-0.4, -0.2) is 0 Å².